The molecule has 0 radical (unpaired) electrons. The second kappa shape index (κ2) is 7.17. The van der Waals surface area contributed by atoms with Crippen LogP contribution in [0, 0.1) is 0 Å². The van der Waals surface area contributed by atoms with Gasteiger partial charge in [-0.15, -0.1) is 0 Å². The van der Waals surface area contributed by atoms with E-state index in [1.165, 1.54) is 12.3 Å². The third kappa shape index (κ3) is 4.65. The van der Waals surface area contributed by atoms with Crippen molar-refractivity contribution in [1.82, 2.24) is 4.98 Å². The van der Waals surface area contributed by atoms with Crippen LogP contribution in [0.3, 0.4) is 0 Å². The van der Waals surface area contributed by atoms with Crippen LogP contribution in [0.15, 0.2) is 18.5 Å². The number of thioether (sulfide) groups is 1. The first-order valence-electron chi connectivity index (χ1n) is 5.66. The molecule has 0 fully saturated rings. The summed E-state index contributed by atoms with van der Waals surface area (Å²) in [4.78, 5) is 14.9. The Morgan fingerprint density at radius 3 is 3.06 bits per heavy atom. The van der Waals surface area contributed by atoms with Crippen LogP contribution in [0.2, 0.25) is 0 Å². The molecule has 1 unspecified atom stereocenters. The molecular formula is C12H18N2O2S. The summed E-state index contributed by atoms with van der Waals surface area (Å²) in [5.41, 5.74) is 0.865. The van der Waals surface area contributed by atoms with Gasteiger partial charge in [0.05, 0.1) is 17.4 Å². The number of rotatable bonds is 7. The van der Waals surface area contributed by atoms with Crippen molar-refractivity contribution < 1.29 is 9.90 Å². The maximum atomic E-state index is 11.0. The Kier molecular flexibility index (Phi) is 5.83. The predicted molar refractivity (Wildman–Crippen MR) is 71.9 cm³/mol. The van der Waals surface area contributed by atoms with E-state index >= 15 is 0 Å². The molecule has 4 nitrogen and oxygen atoms in total. The summed E-state index contributed by atoms with van der Waals surface area (Å²) in [5.74, 6) is 1.26. The molecule has 0 aliphatic carbocycles. The van der Waals surface area contributed by atoms with Gasteiger partial charge in [-0.1, -0.05) is 6.92 Å². The quantitative estimate of drug-likeness (QED) is 0.733. The van der Waals surface area contributed by atoms with Gasteiger partial charge in [0.1, 0.15) is 0 Å². The number of pyridine rings is 1. The Balaban J connectivity index is 2.58. The van der Waals surface area contributed by atoms with Crippen molar-refractivity contribution in [2.75, 3.05) is 16.8 Å². The minimum Gasteiger partial charge on any atom is -0.478 e. The molecule has 0 aliphatic heterocycles. The van der Waals surface area contributed by atoms with Gasteiger partial charge in [-0.3, -0.25) is 4.98 Å². The van der Waals surface area contributed by atoms with E-state index in [1.54, 1.807) is 6.20 Å². The van der Waals surface area contributed by atoms with Crippen LogP contribution >= 0.6 is 11.8 Å². The Labute approximate surface area is 106 Å². The molecule has 0 amide bonds. The third-order valence-electron chi connectivity index (χ3n) is 2.35. The van der Waals surface area contributed by atoms with Crippen LogP contribution in [0.4, 0.5) is 5.69 Å². The summed E-state index contributed by atoms with van der Waals surface area (Å²) in [6.07, 6.45) is 4.06. The van der Waals surface area contributed by atoms with Crippen LogP contribution in [-0.4, -0.2) is 33.6 Å². The predicted octanol–water partition coefficient (Wildman–Crippen LogP) is 2.72. The van der Waals surface area contributed by atoms with E-state index in [9.17, 15) is 4.79 Å². The lowest BCUT2D eigenvalue weighted by molar-refractivity contribution is 0.0698. The van der Waals surface area contributed by atoms with Crippen LogP contribution in [0.25, 0.3) is 0 Å². The number of carbonyl (C=O) groups is 1. The molecule has 1 aromatic heterocycles. The second-order valence-corrected chi connectivity index (χ2v) is 5.15. The Bertz CT molecular complexity index is 371. The van der Waals surface area contributed by atoms with Gasteiger partial charge in [-0.2, -0.15) is 11.8 Å². The van der Waals surface area contributed by atoms with Gasteiger partial charge in [-0.25, -0.2) is 4.79 Å². The Hall–Kier alpha value is -1.23. The molecule has 1 atom stereocenters. The lowest BCUT2D eigenvalue weighted by atomic mass is 10.2. The highest BCUT2D eigenvalue weighted by atomic mass is 32.2. The number of aromatic nitrogens is 1. The van der Waals surface area contributed by atoms with Gasteiger partial charge >= 0.3 is 5.97 Å². The van der Waals surface area contributed by atoms with Gasteiger partial charge in [0.15, 0.2) is 0 Å². The molecule has 2 N–H and O–H groups in total. The van der Waals surface area contributed by atoms with Crippen molar-refractivity contribution >= 4 is 23.4 Å². The molecule has 1 heterocycles. The first-order chi connectivity index (χ1) is 8.15. The monoisotopic (exact) mass is 254 g/mol. The molecule has 1 aromatic rings. The zero-order valence-electron chi connectivity index (χ0n) is 10.1. The fourth-order valence-corrected chi connectivity index (χ4v) is 2.25. The summed E-state index contributed by atoms with van der Waals surface area (Å²) in [6, 6.07) is 1.76. The van der Waals surface area contributed by atoms with Gasteiger partial charge in [-0.05, 0) is 30.9 Å². The molecule has 5 heteroatoms. The lowest BCUT2D eigenvalue weighted by Gasteiger charge is -2.16. The highest BCUT2D eigenvalue weighted by Gasteiger charge is 2.11. The molecule has 0 saturated carbocycles. The fourth-order valence-electron chi connectivity index (χ4n) is 1.44. The maximum absolute atomic E-state index is 11.0. The SMILES string of the molecule is CCSCCC(C)Nc1cnccc1C(=O)O. The minimum atomic E-state index is -0.926. The number of nitrogens with zero attached hydrogens (tertiary/aromatic N) is 1. The number of nitrogens with one attached hydrogen (secondary N) is 1. The molecule has 0 spiro atoms. The van der Waals surface area contributed by atoms with E-state index in [1.807, 2.05) is 11.8 Å². The zero-order chi connectivity index (χ0) is 12.7. The number of hydrogen-bond donors (Lipinski definition) is 2. The van der Waals surface area contributed by atoms with E-state index in [4.69, 9.17) is 5.11 Å². The van der Waals surface area contributed by atoms with Crippen molar-refractivity contribution in [3.8, 4) is 0 Å². The minimum absolute atomic E-state index is 0.247. The number of aromatic carboxylic acids is 1. The van der Waals surface area contributed by atoms with E-state index in [0.717, 1.165) is 17.9 Å². The van der Waals surface area contributed by atoms with Crippen molar-refractivity contribution in [1.29, 1.82) is 0 Å². The van der Waals surface area contributed by atoms with Crippen molar-refractivity contribution in [3.05, 3.63) is 24.0 Å². The normalized spacial score (nSPS) is 12.1. The molecule has 0 aliphatic rings. The molecule has 94 valence electrons. The third-order valence-corrected chi connectivity index (χ3v) is 3.29. The van der Waals surface area contributed by atoms with Crippen LogP contribution in [-0.2, 0) is 0 Å². The van der Waals surface area contributed by atoms with Gasteiger partial charge < -0.3 is 10.4 Å². The number of hydrogen-bond acceptors (Lipinski definition) is 4. The summed E-state index contributed by atoms with van der Waals surface area (Å²) >= 11 is 1.89. The molecule has 0 saturated heterocycles. The maximum Gasteiger partial charge on any atom is 0.337 e. The Morgan fingerprint density at radius 2 is 2.41 bits per heavy atom. The van der Waals surface area contributed by atoms with Crippen molar-refractivity contribution in [2.45, 2.75) is 26.3 Å². The summed E-state index contributed by atoms with van der Waals surface area (Å²) in [6.45, 7) is 4.18. The topological polar surface area (TPSA) is 62.2 Å². The van der Waals surface area contributed by atoms with Crippen molar-refractivity contribution in [3.63, 3.8) is 0 Å². The zero-order valence-corrected chi connectivity index (χ0v) is 11.0. The molecule has 0 bridgehead atoms. The van der Waals surface area contributed by atoms with Gasteiger partial charge in [0.25, 0.3) is 0 Å². The number of carboxylic acid groups (broad SMARTS) is 1. The van der Waals surface area contributed by atoms with Crippen LogP contribution in [0.1, 0.15) is 30.6 Å². The lowest BCUT2D eigenvalue weighted by Crippen LogP contribution is -2.18. The molecule has 0 aromatic carbocycles. The van der Waals surface area contributed by atoms with Gasteiger partial charge in [0.2, 0.25) is 0 Å². The molecule has 1 rings (SSSR count). The van der Waals surface area contributed by atoms with Crippen molar-refractivity contribution in [2.24, 2.45) is 0 Å². The molecule has 17 heavy (non-hydrogen) atoms. The van der Waals surface area contributed by atoms with Crippen LogP contribution in [0.5, 0.6) is 0 Å². The van der Waals surface area contributed by atoms with E-state index < -0.39 is 5.97 Å². The highest BCUT2D eigenvalue weighted by molar-refractivity contribution is 7.99. The fraction of sp³-hybridized carbons (Fsp3) is 0.500. The molecular weight excluding hydrogens is 236 g/mol. The second-order valence-electron chi connectivity index (χ2n) is 3.76. The average molecular weight is 254 g/mol. The van der Waals surface area contributed by atoms with Gasteiger partial charge in [0, 0.05) is 12.2 Å². The highest BCUT2D eigenvalue weighted by Crippen LogP contribution is 2.16. The van der Waals surface area contributed by atoms with E-state index in [2.05, 4.69) is 24.1 Å². The summed E-state index contributed by atoms with van der Waals surface area (Å²) in [5, 5.41) is 12.2. The first kappa shape index (κ1) is 13.8. The van der Waals surface area contributed by atoms with Crippen LogP contribution < -0.4 is 5.32 Å². The Morgan fingerprint density at radius 1 is 1.65 bits per heavy atom. The van der Waals surface area contributed by atoms with E-state index in [-0.39, 0.29) is 11.6 Å². The number of carboxylic acids is 1. The standard InChI is InChI=1S/C12H18N2O2S/c1-3-17-7-5-9(2)14-11-8-13-6-4-10(11)12(15)16/h4,6,8-9,14H,3,5,7H2,1-2H3,(H,15,16). The number of anilines is 1. The summed E-state index contributed by atoms with van der Waals surface area (Å²) < 4.78 is 0. The van der Waals surface area contributed by atoms with E-state index in [0.29, 0.717) is 5.69 Å². The smallest absolute Gasteiger partial charge is 0.337 e. The average Bonchev–Trinajstić information content (AvgIpc) is 2.29. The largest absolute Gasteiger partial charge is 0.478 e. The summed E-state index contributed by atoms with van der Waals surface area (Å²) in [7, 11) is 0. The first-order valence-corrected chi connectivity index (χ1v) is 6.82.